The number of nitro groups is 1. The molecule has 1 aromatic heterocycles. The molecule has 0 saturated heterocycles. The number of carbonyl (C=O) groups is 1. The Morgan fingerprint density at radius 3 is 2.47 bits per heavy atom. The molecule has 0 radical (unpaired) electrons. The fraction of sp³-hybridized carbons (Fsp3) is 0.545. The number of carbonyl (C=O) groups excluding carboxylic acids is 1. The molecule has 7 nitrogen and oxygen atoms in total. The van der Waals surface area contributed by atoms with E-state index in [1.807, 2.05) is 13.8 Å². The Labute approximate surface area is 117 Å². The summed E-state index contributed by atoms with van der Waals surface area (Å²) < 4.78 is 4.79. The van der Waals surface area contributed by atoms with E-state index in [2.05, 4.69) is 5.32 Å². The van der Waals surface area contributed by atoms with E-state index in [0.29, 0.717) is 6.54 Å². The van der Waals surface area contributed by atoms with Crippen molar-refractivity contribution in [1.29, 1.82) is 0 Å². The average Bonchev–Trinajstić information content (AvgIpc) is 2.85. The predicted octanol–water partition coefficient (Wildman–Crippen LogP) is 1.86. The number of nitrogens with two attached hydrogens (primary N) is 1. The van der Waals surface area contributed by atoms with Gasteiger partial charge >= 0.3 is 5.88 Å². The van der Waals surface area contributed by atoms with Crippen LogP contribution < -0.4 is 11.1 Å². The van der Waals surface area contributed by atoms with Crippen LogP contribution in [-0.4, -0.2) is 22.9 Å². The number of hydrogen-bond acceptors (Lipinski definition) is 5. The lowest BCUT2D eigenvalue weighted by Crippen LogP contribution is -2.49. The van der Waals surface area contributed by atoms with Gasteiger partial charge in [-0.25, -0.2) is 0 Å². The van der Waals surface area contributed by atoms with Gasteiger partial charge in [-0.1, -0.05) is 13.8 Å². The number of hydrogen-bond donors (Lipinski definition) is 2. The van der Waals surface area contributed by atoms with Gasteiger partial charge in [0.15, 0.2) is 5.76 Å². The van der Waals surface area contributed by atoms with Crippen LogP contribution in [-0.2, 0) is 0 Å². The van der Waals surface area contributed by atoms with Crippen LogP contribution in [0.1, 0.15) is 37.2 Å². The first-order valence-electron chi connectivity index (χ1n) is 5.73. The molecular weight excluding hydrogens is 274 g/mol. The maximum Gasteiger partial charge on any atom is 0.433 e. The van der Waals surface area contributed by atoms with E-state index >= 15 is 0 Å². The minimum atomic E-state index is -0.692. The lowest BCUT2D eigenvalue weighted by atomic mass is 9.94. The minimum Gasteiger partial charge on any atom is -0.395 e. The number of furan rings is 1. The summed E-state index contributed by atoms with van der Waals surface area (Å²) in [6, 6.07) is 2.41. The van der Waals surface area contributed by atoms with Gasteiger partial charge in [0.2, 0.25) is 0 Å². The summed E-state index contributed by atoms with van der Waals surface area (Å²) in [6.07, 6.45) is 1.45. The van der Waals surface area contributed by atoms with Gasteiger partial charge < -0.3 is 15.5 Å². The molecular formula is C11H18ClN3O4. The van der Waals surface area contributed by atoms with E-state index < -0.39 is 22.3 Å². The molecule has 8 heteroatoms. The molecule has 0 atom stereocenters. The number of amides is 1. The van der Waals surface area contributed by atoms with E-state index in [-0.39, 0.29) is 18.2 Å². The first kappa shape index (κ1) is 17.4. The Bertz CT molecular complexity index is 443. The Morgan fingerprint density at radius 2 is 2.05 bits per heavy atom. The van der Waals surface area contributed by atoms with Gasteiger partial charge in [-0.3, -0.25) is 14.9 Å². The monoisotopic (exact) mass is 291 g/mol. The van der Waals surface area contributed by atoms with Gasteiger partial charge in [0, 0.05) is 12.1 Å². The van der Waals surface area contributed by atoms with Crippen molar-refractivity contribution in [3.05, 3.63) is 28.0 Å². The first-order chi connectivity index (χ1) is 8.41. The van der Waals surface area contributed by atoms with Crippen molar-refractivity contribution in [2.75, 3.05) is 6.54 Å². The van der Waals surface area contributed by atoms with Gasteiger partial charge in [-0.15, -0.1) is 12.4 Å². The van der Waals surface area contributed by atoms with E-state index in [4.69, 9.17) is 10.2 Å². The molecule has 1 aromatic rings. The summed E-state index contributed by atoms with van der Waals surface area (Å²) in [7, 11) is 0. The molecule has 19 heavy (non-hydrogen) atoms. The first-order valence-corrected chi connectivity index (χ1v) is 5.73. The standard InChI is InChI=1S/C11H17N3O4.ClH/c1-3-11(12,4-2)7-13-10(15)8-5-6-9(18-8)14(16)17;/h5-6H,3-4,7,12H2,1-2H3,(H,13,15);1H. The Kier molecular flexibility index (Phi) is 6.51. The smallest absolute Gasteiger partial charge is 0.395 e. The normalized spacial score (nSPS) is 10.7. The number of nitrogens with one attached hydrogen (secondary N) is 1. The van der Waals surface area contributed by atoms with Crippen LogP contribution >= 0.6 is 12.4 Å². The third kappa shape index (κ3) is 4.53. The fourth-order valence-corrected chi connectivity index (χ4v) is 1.39. The van der Waals surface area contributed by atoms with E-state index in [9.17, 15) is 14.9 Å². The van der Waals surface area contributed by atoms with Crippen molar-refractivity contribution in [2.45, 2.75) is 32.2 Å². The highest BCUT2D eigenvalue weighted by Crippen LogP contribution is 2.16. The second-order valence-electron chi connectivity index (χ2n) is 4.15. The molecule has 0 aliphatic rings. The van der Waals surface area contributed by atoms with Crippen molar-refractivity contribution < 1.29 is 14.1 Å². The molecule has 0 aromatic carbocycles. The zero-order valence-electron chi connectivity index (χ0n) is 10.8. The summed E-state index contributed by atoms with van der Waals surface area (Å²) in [4.78, 5) is 21.4. The van der Waals surface area contributed by atoms with Gasteiger partial charge in [0.1, 0.15) is 4.92 Å². The molecule has 0 bridgehead atoms. The quantitative estimate of drug-likeness (QED) is 0.613. The Balaban J connectivity index is 0.00000324. The molecule has 3 N–H and O–H groups in total. The van der Waals surface area contributed by atoms with Crippen LogP contribution in [0.4, 0.5) is 5.88 Å². The maximum atomic E-state index is 11.7. The lowest BCUT2D eigenvalue weighted by Gasteiger charge is -2.26. The Hall–Kier alpha value is -1.60. The molecule has 108 valence electrons. The zero-order chi connectivity index (χ0) is 13.8. The highest BCUT2D eigenvalue weighted by atomic mass is 35.5. The highest BCUT2D eigenvalue weighted by molar-refractivity contribution is 5.91. The maximum absolute atomic E-state index is 11.7. The number of halogens is 1. The fourth-order valence-electron chi connectivity index (χ4n) is 1.39. The summed E-state index contributed by atoms with van der Waals surface area (Å²) in [5, 5.41) is 13.0. The second kappa shape index (κ2) is 7.10. The van der Waals surface area contributed by atoms with Crippen molar-refractivity contribution in [3.63, 3.8) is 0 Å². The predicted molar refractivity (Wildman–Crippen MR) is 72.4 cm³/mol. The Morgan fingerprint density at radius 1 is 1.47 bits per heavy atom. The zero-order valence-corrected chi connectivity index (χ0v) is 11.7. The molecule has 0 unspecified atom stereocenters. The van der Waals surface area contributed by atoms with Crippen LogP contribution in [0.2, 0.25) is 0 Å². The summed E-state index contributed by atoms with van der Waals surface area (Å²) in [5.74, 6) is -1.04. The summed E-state index contributed by atoms with van der Waals surface area (Å²) in [5.41, 5.74) is 5.56. The molecule has 0 aliphatic heterocycles. The van der Waals surface area contributed by atoms with Crippen molar-refractivity contribution in [2.24, 2.45) is 5.73 Å². The van der Waals surface area contributed by atoms with Crippen molar-refractivity contribution in [3.8, 4) is 0 Å². The number of nitrogens with zero attached hydrogens (tertiary/aromatic N) is 1. The van der Waals surface area contributed by atoms with E-state index in [0.717, 1.165) is 18.9 Å². The van der Waals surface area contributed by atoms with Crippen LogP contribution in [0.3, 0.4) is 0 Å². The highest BCUT2D eigenvalue weighted by Gasteiger charge is 2.23. The molecule has 0 aliphatic carbocycles. The second-order valence-corrected chi connectivity index (χ2v) is 4.15. The molecule has 0 saturated carbocycles. The van der Waals surface area contributed by atoms with E-state index in [1.54, 1.807) is 0 Å². The topological polar surface area (TPSA) is 111 Å². The van der Waals surface area contributed by atoms with Crippen LogP contribution in [0.5, 0.6) is 0 Å². The summed E-state index contributed by atoms with van der Waals surface area (Å²) >= 11 is 0. The number of rotatable bonds is 6. The van der Waals surface area contributed by atoms with Crippen molar-refractivity contribution in [1.82, 2.24) is 5.32 Å². The SMILES string of the molecule is CCC(N)(CC)CNC(=O)c1ccc([N+](=O)[O-])o1.Cl. The van der Waals surface area contributed by atoms with Gasteiger partial charge in [0.05, 0.1) is 6.07 Å². The minimum absolute atomic E-state index is 0. The third-order valence-electron chi connectivity index (χ3n) is 3.00. The van der Waals surface area contributed by atoms with Crippen LogP contribution in [0.15, 0.2) is 16.5 Å². The molecule has 1 rings (SSSR count). The van der Waals surface area contributed by atoms with Crippen LogP contribution in [0, 0.1) is 10.1 Å². The lowest BCUT2D eigenvalue weighted by molar-refractivity contribution is -0.402. The van der Waals surface area contributed by atoms with Gasteiger partial charge in [-0.2, -0.15) is 0 Å². The molecule has 0 spiro atoms. The average molecular weight is 292 g/mol. The van der Waals surface area contributed by atoms with Gasteiger partial charge in [-0.05, 0) is 18.9 Å². The van der Waals surface area contributed by atoms with Crippen molar-refractivity contribution >= 4 is 24.2 Å². The van der Waals surface area contributed by atoms with Crippen LogP contribution in [0.25, 0.3) is 0 Å². The third-order valence-corrected chi connectivity index (χ3v) is 3.00. The summed E-state index contributed by atoms with van der Waals surface area (Å²) in [6.45, 7) is 4.17. The molecule has 1 amide bonds. The molecule has 1 heterocycles. The van der Waals surface area contributed by atoms with Gasteiger partial charge in [0.25, 0.3) is 5.91 Å². The largest absolute Gasteiger partial charge is 0.433 e. The van der Waals surface area contributed by atoms with E-state index in [1.165, 1.54) is 6.07 Å². The molecule has 0 fully saturated rings.